The first kappa shape index (κ1) is 15.8. The van der Waals surface area contributed by atoms with Crippen LogP contribution in [0.2, 0.25) is 0 Å². The van der Waals surface area contributed by atoms with Gasteiger partial charge in [-0.3, -0.25) is 9.69 Å². The monoisotopic (exact) mass is 340 g/mol. The number of hydrogen-bond acceptors (Lipinski definition) is 5. The highest BCUT2D eigenvalue weighted by molar-refractivity contribution is 6.07. The van der Waals surface area contributed by atoms with Crippen LogP contribution in [-0.2, 0) is 36.1 Å². The molecule has 3 amide bonds. The summed E-state index contributed by atoms with van der Waals surface area (Å²) in [6, 6.07) is 5.61. The van der Waals surface area contributed by atoms with Crippen LogP contribution >= 0.6 is 0 Å². The lowest BCUT2D eigenvalue weighted by molar-refractivity contribution is -0.131. The highest BCUT2D eigenvalue weighted by Crippen LogP contribution is 2.33. The van der Waals surface area contributed by atoms with Crippen molar-refractivity contribution in [3.05, 3.63) is 46.6 Å². The smallest absolute Gasteiger partial charge is 0.325 e. The highest BCUT2D eigenvalue weighted by Gasteiger charge is 2.49. The van der Waals surface area contributed by atoms with Crippen molar-refractivity contribution in [1.29, 1.82) is 0 Å². The summed E-state index contributed by atoms with van der Waals surface area (Å²) < 4.78 is 5.11. The number of rotatable bonds is 4. The van der Waals surface area contributed by atoms with Gasteiger partial charge in [-0.05, 0) is 42.9 Å². The van der Waals surface area contributed by atoms with E-state index >= 15 is 0 Å². The van der Waals surface area contributed by atoms with Gasteiger partial charge >= 0.3 is 6.03 Å². The molecular formula is C18H20N4O3. The van der Waals surface area contributed by atoms with Crippen molar-refractivity contribution in [2.24, 2.45) is 0 Å². The molecule has 7 heteroatoms. The molecule has 130 valence electrons. The SMILES string of the molecule is CCc1noc(CN2C(=O)N[C@](C)(c3ccc4c(c3)CCC4)C2=O)n1. The lowest BCUT2D eigenvalue weighted by atomic mass is 9.90. The van der Waals surface area contributed by atoms with E-state index < -0.39 is 11.6 Å². The highest BCUT2D eigenvalue weighted by atomic mass is 16.5. The van der Waals surface area contributed by atoms with Gasteiger partial charge in [0.15, 0.2) is 5.82 Å². The third-order valence-electron chi connectivity index (χ3n) is 5.07. The number of imide groups is 1. The van der Waals surface area contributed by atoms with Crippen molar-refractivity contribution in [3.63, 3.8) is 0 Å². The predicted octanol–water partition coefficient (Wildman–Crippen LogP) is 2.09. The third kappa shape index (κ3) is 2.50. The van der Waals surface area contributed by atoms with Crippen LogP contribution in [0.4, 0.5) is 4.79 Å². The quantitative estimate of drug-likeness (QED) is 0.861. The number of amides is 3. The molecule has 0 bridgehead atoms. The van der Waals surface area contributed by atoms with Crippen molar-refractivity contribution in [1.82, 2.24) is 20.4 Å². The van der Waals surface area contributed by atoms with Crippen LogP contribution < -0.4 is 5.32 Å². The van der Waals surface area contributed by atoms with Crippen LogP contribution in [0.15, 0.2) is 22.7 Å². The molecule has 1 saturated heterocycles. The second-order valence-corrected chi connectivity index (χ2v) is 6.74. The molecular weight excluding hydrogens is 320 g/mol. The minimum absolute atomic E-state index is 0.0157. The van der Waals surface area contributed by atoms with Gasteiger partial charge in [-0.25, -0.2) is 4.79 Å². The Labute approximate surface area is 145 Å². The van der Waals surface area contributed by atoms with E-state index in [4.69, 9.17) is 4.52 Å². The van der Waals surface area contributed by atoms with Crippen molar-refractivity contribution in [2.75, 3.05) is 0 Å². The minimum atomic E-state index is -1.07. The van der Waals surface area contributed by atoms with E-state index in [1.165, 1.54) is 11.1 Å². The summed E-state index contributed by atoms with van der Waals surface area (Å²) in [6.45, 7) is 3.64. The summed E-state index contributed by atoms with van der Waals surface area (Å²) in [5, 5.41) is 6.63. The van der Waals surface area contributed by atoms with Gasteiger partial charge in [-0.1, -0.05) is 30.3 Å². The first-order valence-electron chi connectivity index (χ1n) is 8.59. The summed E-state index contributed by atoms with van der Waals surface area (Å²) in [6.07, 6.45) is 3.87. The summed E-state index contributed by atoms with van der Waals surface area (Å²) in [5.74, 6) is 0.522. The van der Waals surface area contributed by atoms with E-state index in [2.05, 4.69) is 21.5 Å². The molecule has 2 aliphatic rings. The molecule has 0 spiro atoms. The Bertz CT molecular complexity index is 860. The maximum Gasteiger partial charge on any atom is 0.325 e. The van der Waals surface area contributed by atoms with Gasteiger partial charge in [0.25, 0.3) is 5.91 Å². The maximum atomic E-state index is 13.0. The van der Waals surface area contributed by atoms with Crippen molar-refractivity contribution in [3.8, 4) is 0 Å². The summed E-state index contributed by atoms with van der Waals surface area (Å²) in [4.78, 5) is 30.7. The Morgan fingerprint density at radius 2 is 2.08 bits per heavy atom. The topological polar surface area (TPSA) is 88.3 Å². The zero-order chi connectivity index (χ0) is 17.6. The van der Waals surface area contributed by atoms with Gasteiger partial charge in [-0.15, -0.1) is 0 Å². The number of aryl methyl sites for hydroxylation is 3. The first-order chi connectivity index (χ1) is 12.0. The number of aromatic nitrogens is 2. The number of nitrogens with one attached hydrogen (secondary N) is 1. The Balaban J connectivity index is 1.61. The molecule has 0 unspecified atom stereocenters. The number of carbonyl (C=O) groups excluding carboxylic acids is 2. The fourth-order valence-corrected chi connectivity index (χ4v) is 3.55. The molecule has 2 heterocycles. The second-order valence-electron chi connectivity index (χ2n) is 6.74. The third-order valence-corrected chi connectivity index (χ3v) is 5.07. The van der Waals surface area contributed by atoms with Gasteiger partial charge in [0.2, 0.25) is 5.89 Å². The van der Waals surface area contributed by atoms with E-state index in [9.17, 15) is 9.59 Å². The normalized spacial score (nSPS) is 22.4. The zero-order valence-electron chi connectivity index (χ0n) is 14.3. The Morgan fingerprint density at radius 3 is 2.84 bits per heavy atom. The van der Waals surface area contributed by atoms with Gasteiger partial charge in [0.1, 0.15) is 12.1 Å². The molecule has 1 aliphatic heterocycles. The van der Waals surface area contributed by atoms with Crippen molar-refractivity contribution in [2.45, 2.75) is 51.6 Å². The van der Waals surface area contributed by atoms with Gasteiger partial charge in [0, 0.05) is 6.42 Å². The standard InChI is InChI=1S/C18H20N4O3/c1-3-14-19-15(25-21-14)10-22-16(23)18(2,20-17(22)24)13-8-7-11-5-4-6-12(11)9-13/h7-9H,3-6,10H2,1-2H3,(H,20,24)/t18-/m1/s1. The number of hydrogen-bond donors (Lipinski definition) is 1. The summed E-state index contributed by atoms with van der Waals surface area (Å²) in [7, 11) is 0. The van der Waals surface area contributed by atoms with Gasteiger partial charge in [0.05, 0.1) is 0 Å². The van der Waals surface area contributed by atoms with Crippen LogP contribution in [0.25, 0.3) is 0 Å². The molecule has 1 aliphatic carbocycles. The number of fused-ring (bicyclic) bond motifs is 1. The lowest BCUT2D eigenvalue weighted by Crippen LogP contribution is -2.41. The van der Waals surface area contributed by atoms with Crippen LogP contribution in [0.3, 0.4) is 0 Å². The molecule has 0 radical (unpaired) electrons. The van der Waals surface area contributed by atoms with E-state index in [1.54, 1.807) is 6.92 Å². The molecule has 0 saturated carbocycles. The molecule has 2 aromatic rings. The van der Waals surface area contributed by atoms with E-state index in [0.29, 0.717) is 12.2 Å². The molecule has 4 rings (SSSR count). The summed E-state index contributed by atoms with van der Waals surface area (Å²) >= 11 is 0. The summed E-state index contributed by atoms with van der Waals surface area (Å²) in [5.41, 5.74) is 2.35. The maximum absolute atomic E-state index is 13.0. The largest absolute Gasteiger partial charge is 0.337 e. The molecule has 1 aromatic carbocycles. The molecule has 1 N–H and O–H groups in total. The first-order valence-corrected chi connectivity index (χ1v) is 8.59. The van der Waals surface area contributed by atoms with Crippen LogP contribution in [0, 0.1) is 0 Å². The molecule has 1 fully saturated rings. The Hall–Kier alpha value is -2.70. The van der Waals surface area contributed by atoms with Gasteiger partial charge < -0.3 is 9.84 Å². The number of nitrogens with zero attached hydrogens (tertiary/aromatic N) is 3. The predicted molar refractivity (Wildman–Crippen MR) is 88.6 cm³/mol. The van der Waals surface area contributed by atoms with E-state index in [0.717, 1.165) is 29.7 Å². The average molecular weight is 340 g/mol. The number of carbonyl (C=O) groups is 2. The van der Waals surface area contributed by atoms with Gasteiger partial charge in [-0.2, -0.15) is 4.98 Å². The molecule has 1 atom stereocenters. The van der Waals surface area contributed by atoms with Crippen LogP contribution in [-0.4, -0.2) is 27.0 Å². The second kappa shape index (κ2) is 5.68. The molecule has 1 aromatic heterocycles. The fraction of sp³-hybridized carbons (Fsp3) is 0.444. The number of urea groups is 1. The minimum Gasteiger partial charge on any atom is -0.337 e. The zero-order valence-corrected chi connectivity index (χ0v) is 14.3. The molecule has 7 nitrogen and oxygen atoms in total. The van der Waals surface area contributed by atoms with E-state index in [-0.39, 0.29) is 18.3 Å². The van der Waals surface area contributed by atoms with Crippen LogP contribution in [0.1, 0.15) is 48.7 Å². The van der Waals surface area contributed by atoms with Crippen LogP contribution in [0.5, 0.6) is 0 Å². The Kier molecular flexibility index (Phi) is 3.59. The lowest BCUT2D eigenvalue weighted by Gasteiger charge is -2.22. The fourth-order valence-electron chi connectivity index (χ4n) is 3.55. The van der Waals surface area contributed by atoms with Crippen molar-refractivity contribution >= 4 is 11.9 Å². The van der Waals surface area contributed by atoms with Crippen molar-refractivity contribution < 1.29 is 14.1 Å². The van der Waals surface area contributed by atoms with E-state index in [1.807, 2.05) is 19.1 Å². The Morgan fingerprint density at radius 1 is 1.28 bits per heavy atom. The molecule has 25 heavy (non-hydrogen) atoms. The average Bonchev–Trinajstić information content (AvgIpc) is 3.30. The number of benzene rings is 1.